The van der Waals surface area contributed by atoms with Crippen LogP contribution in [-0.2, 0) is 17.6 Å². The van der Waals surface area contributed by atoms with Crippen molar-refractivity contribution in [3.63, 3.8) is 0 Å². The zero-order valence-corrected chi connectivity index (χ0v) is 13.2. The number of aryl methyl sites for hydroxylation is 2. The molecule has 0 saturated carbocycles. The number of nitrogens with zero attached hydrogens (tertiary/aromatic N) is 2. The van der Waals surface area contributed by atoms with E-state index in [9.17, 15) is 4.79 Å². The van der Waals surface area contributed by atoms with Gasteiger partial charge in [0.05, 0.1) is 12.1 Å². The van der Waals surface area contributed by atoms with Gasteiger partial charge in [-0.3, -0.25) is 9.48 Å². The second-order valence-electron chi connectivity index (χ2n) is 5.75. The molecular weight excluding hydrogens is 260 g/mol. The SMILES string of the molecule is CCC(C)n1ccc(CC(=O)CCc2ccc(C)cc2)n1. The fourth-order valence-electron chi connectivity index (χ4n) is 2.23. The summed E-state index contributed by atoms with van der Waals surface area (Å²) in [5.74, 6) is 0.255. The Kier molecular flexibility index (Phi) is 5.32. The van der Waals surface area contributed by atoms with Crippen LogP contribution in [-0.4, -0.2) is 15.6 Å². The van der Waals surface area contributed by atoms with Gasteiger partial charge in [-0.25, -0.2) is 0 Å². The molecule has 0 saturated heterocycles. The van der Waals surface area contributed by atoms with Crippen LogP contribution in [0.5, 0.6) is 0 Å². The third kappa shape index (κ3) is 4.55. The van der Waals surface area contributed by atoms with Gasteiger partial charge in [-0.1, -0.05) is 36.8 Å². The summed E-state index contributed by atoms with van der Waals surface area (Å²) in [6, 6.07) is 10.7. The van der Waals surface area contributed by atoms with Crippen molar-refractivity contribution in [1.29, 1.82) is 0 Å². The van der Waals surface area contributed by atoms with Crippen molar-refractivity contribution in [1.82, 2.24) is 9.78 Å². The molecule has 1 heterocycles. The van der Waals surface area contributed by atoms with Crippen molar-refractivity contribution in [2.45, 2.75) is 52.5 Å². The minimum Gasteiger partial charge on any atom is -0.299 e. The van der Waals surface area contributed by atoms with Gasteiger partial charge < -0.3 is 0 Å². The van der Waals surface area contributed by atoms with Gasteiger partial charge in [0.1, 0.15) is 5.78 Å². The third-order valence-electron chi connectivity index (χ3n) is 3.90. The molecule has 0 amide bonds. The lowest BCUT2D eigenvalue weighted by molar-refractivity contribution is -0.118. The summed E-state index contributed by atoms with van der Waals surface area (Å²) in [6.45, 7) is 6.34. The molecule has 0 aliphatic rings. The van der Waals surface area contributed by atoms with Gasteiger partial charge >= 0.3 is 0 Å². The molecule has 3 heteroatoms. The van der Waals surface area contributed by atoms with E-state index >= 15 is 0 Å². The van der Waals surface area contributed by atoms with Crippen LogP contribution in [0.25, 0.3) is 0 Å². The molecule has 112 valence electrons. The van der Waals surface area contributed by atoms with Gasteiger partial charge in [0.25, 0.3) is 0 Å². The molecule has 0 bridgehead atoms. The Balaban J connectivity index is 1.84. The van der Waals surface area contributed by atoms with Crippen molar-refractivity contribution < 1.29 is 4.79 Å². The fourth-order valence-corrected chi connectivity index (χ4v) is 2.23. The molecule has 1 unspecified atom stereocenters. The van der Waals surface area contributed by atoms with E-state index in [2.05, 4.69) is 50.1 Å². The zero-order chi connectivity index (χ0) is 15.2. The topological polar surface area (TPSA) is 34.9 Å². The average molecular weight is 284 g/mol. The number of carbonyl (C=O) groups is 1. The van der Waals surface area contributed by atoms with Gasteiger partial charge in [0, 0.05) is 18.7 Å². The highest BCUT2D eigenvalue weighted by Gasteiger charge is 2.09. The average Bonchev–Trinajstić information content (AvgIpc) is 2.94. The predicted octanol–water partition coefficient (Wildman–Crippen LogP) is 3.91. The number of ketones is 1. The third-order valence-corrected chi connectivity index (χ3v) is 3.90. The lowest BCUT2D eigenvalue weighted by Gasteiger charge is -2.08. The smallest absolute Gasteiger partial charge is 0.139 e. The molecule has 0 aliphatic carbocycles. The maximum absolute atomic E-state index is 12.1. The van der Waals surface area contributed by atoms with Gasteiger partial charge in [0.2, 0.25) is 0 Å². The highest BCUT2D eigenvalue weighted by Crippen LogP contribution is 2.11. The van der Waals surface area contributed by atoms with Crippen LogP contribution >= 0.6 is 0 Å². The highest BCUT2D eigenvalue weighted by atomic mass is 16.1. The molecule has 1 atom stereocenters. The molecule has 1 aromatic carbocycles. The maximum atomic E-state index is 12.1. The van der Waals surface area contributed by atoms with Crippen molar-refractivity contribution in [3.05, 3.63) is 53.3 Å². The first-order valence-electron chi connectivity index (χ1n) is 7.69. The summed E-state index contributed by atoms with van der Waals surface area (Å²) in [5, 5.41) is 4.48. The van der Waals surface area contributed by atoms with Crippen LogP contribution in [0.3, 0.4) is 0 Å². The molecule has 2 aromatic rings. The number of hydrogen-bond acceptors (Lipinski definition) is 2. The largest absolute Gasteiger partial charge is 0.299 e. The van der Waals surface area contributed by atoms with Gasteiger partial charge in [-0.2, -0.15) is 5.10 Å². The second kappa shape index (κ2) is 7.21. The van der Waals surface area contributed by atoms with Crippen molar-refractivity contribution in [2.24, 2.45) is 0 Å². The van der Waals surface area contributed by atoms with Crippen LogP contribution in [0.2, 0.25) is 0 Å². The van der Waals surface area contributed by atoms with Crippen molar-refractivity contribution in [3.8, 4) is 0 Å². The first-order valence-corrected chi connectivity index (χ1v) is 7.69. The Morgan fingerprint density at radius 2 is 1.95 bits per heavy atom. The quantitative estimate of drug-likeness (QED) is 0.772. The zero-order valence-electron chi connectivity index (χ0n) is 13.2. The van der Waals surface area contributed by atoms with Gasteiger partial charge in [-0.05, 0) is 38.3 Å². The van der Waals surface area contributed by atoms with Crippen molar-refractivity contribution in [2.75, 3.05) is 0 Å². The highest BCUT2D eigenvalue weighted by molar-refractivity contribution is 5.80. The van der Waals surface area contributed by atoms with E-state index in [-0.39, 0.29) is 5.78 Å². The summed E-state index contributed by atoms with van der Waals surface area (Å²) >= 11 is 0. The van der Waals surface area contributed by atoms with Crippen LogP contribution in [0.4, 0.5) is 0 Å². The van der Waals surface area contributed by atoms with E-state index in [1.807, 2.05) is 16.9 Å². The number of benzene rings is 1. The molecule has 1 aromatic heterocycles. The van der Waals surface area contributed by atoms with Crippen LogP contribution in [0, 0.1) is 6.92 Å². The first kappa shape index (κ1) is 15.5. The molecule has 0 N–H and O–H groups in total. The Morgan fingerprint density at radius 3 is 2.62 bits per heavy atom. The lowest BCUT2D eigenvalue weighted by Crippen LogP contribution is -2.08. The Morgan fingerprint density at radius 1 is 1.24 bits per heavy atom. The summed E-state index contributed by atoms with van der Waals surface area (Å²) in [6.07, 6.45) is 4.85. The summed E-state index contributed by atoms with van der Waals surface area (Å²) in [7, 11) is 0. The summed E-state index contributed by atoms with van der Waals surface area (Å²) < 4.78 is 1.95. The van der Waals surface area contributed by atoms with E-state index in [1.165, 1.54) is 11.1 Å². The molecule has 0 spiro atoms. The van der Waals surface area contributed by atoms with Crippen molar-refractivity contribution >= 4 is 5.78 Å². The number of carbonyl (C=O) groups excluding carboxylic acids is 1. The first-order chi connectivity index (χ1) is 10.1. The predicted molar refractivity (Wildman–Crippen MR) is 85.4 cm³/mol. The van der Waals surface area contributed by atoms with Gasteiger partial charge in [-0.15, -0.1) is 0 Å². The Bertz CT molecular complexity index is 584. The van der Waals surface area contributed by atoms with Crippen LogP contribution in [0.1, 0.15) is 49.6 Å². The normalized spacial score (nSPS) is 12.3. The van der Waals surface area contributed by atoms with E-state index in [0.29, 0.717) is 18.9 Å². The Hall–Kier alpha value is -1.90. The Labute approximate surface area is 127 Å². The molecule has 0 aliphatic heterocycles. The molecular formula is C18H24N2O. The standard InChI is InChI=1S/C18H24N2O/c1-4-15(3)20-12-11-17(19-20)13-18(21)10-9-16-7-5-14(2)6-8-16/h5-8,11-12,15H,4,9-10,13H2,1-3H3. The number of hydrogen-bond donors (Lipinski definition) is 0. The minimum atomic E-state index is 0.255. The second-order valence-corrected chi connectivity index (χ2v) is 5.75. The van der Waals surface area contributed by atoms with Crippen LogP contribution < -0.4 is 0 Å². The molecule has 2 rings (SSSR count). The molecule has 21 heavy (non-hydrogen) atoms. The monoisotopic (exact) mass is 284 g/mol. The molecule has 0 radical (unpaired) electrons. The lowest BCUT2D eigenvalue weighted by atomic mass is 10.0. The van der Waals surface area contributed by atoms with E-state index in [1.54, 1.807) is 0 Å². The fraction of sp³-hybridized carbons (Fsp3) is 0.444. The summed E-state index contributed by atoms with van der Waals surface area (Å²) in [5.41, 5.74) is 3.35. The molecule has 0 fully saturated rings. The number of rotatable bonds is 7. The van der Waals surface area contributed by atoms with Crippen LogP contribution in [0.15, 0.2) is 36.5 Å². The number of aromatic nitrogens is 2. The van der Waals surface area contributed by atoms with E-state index < -0.39 is 0 Å². The van der Waals surface area contributed by atoms with E-state index in [0.717, 1.165) is 18.5 Å². The maximum Gasteiger partial charge on any atom is 0.139 e. The number of Topliss-reactive ketones (excluding diaryl/α,β-unsaturated/α-hetero) is 1. The summed E-state index contributed by atoms with van der Waals surface area (Å²) in [4.78, 5) is 12.1. The minimum absolute atomic E-state index is 0.255. The van der Waals surface area contributed by atoms with E-state index in [4.69, 9.17) is 0 Å². The molecule has 3 nitrogen and oxygen atoms in total. The van der Waals surface area contributed by atoms with Gasteiger partial charge in [0.15, 0.2) is 0 Å².